The zero-order valence-electron chi connectivity index (χ0n) is 8.99. The smallest absolute Gasteiger partial charge is 0.140 e. The minimum atomic E-state index is 0.288. The summed E-state index contributed by atoms with van der Waals surface area (Å²) in [5, 5.41) is 0. The third kappa shape index (κ3) is 2.98. The lowest BCUT2D eigenvalue weighted by Gasteiger charge is -2.04. The van der Waals surface area contributed by atoms with Crippen LogP contribution < -0.4 is 0 Å². The Morgan fingerprint density at radius 2 is 2.21 bits per heavy atom. The number of hydrogen-bond acceptors (Lipinski definition) is 2. The van der Waals surface area contributed by atoms with Crippen LogP contribution in [0, 0.1) is 0 Å². The average molecular weight is 194 g/mol. The largest absolute Gasteiger partial charge is 0.335 e. The van der Waals surface area contributed by atoms with Gasteiger partial charge < -0.3 is 4.57 Å². The summed E-state index contributed by atoms with van der Waals surface area (Å²) in [5.41, 5.74) is 0. The number of aryl methyl sites for hydroxylation is 1. The van der Waals surface area contributed by atoms with Crippen molar-refractivity contribution in [1.82, 2.24) is 9.55 Å². The molecule has 0 N–H and O–H groups in total. The molecule has 0 saturated carbocycles. The van der Waals surface area contributed by atoms with Crippen LogP contribution >= 0.6 is 0 Å². The molecule has 1 aromatic rings. The maximum atomic E-state index is 11.4. The normalized spacial score (nSPS) is 10.4. The molecule has 0 spiro atoms. The van der Waals surface area contributed by atoms with E-state index in [1.807, 2.05) is 13.1 Å². The van der Waals surface area contributed by atoms with Gasteiger partial charge in [0.25, 0.3) is 0 Å². The van der Waals surface area contributed by atoms with E-state index in [1.54, 1.807) is 6.20 Å². The second-order valence-corrected chi connectivity index (χ2v) is 3.50. The molecule has 0 aliphatic carbocycles. The highest BCUT2D eigenvalue weighted by atomic mass is 16.1. The van der Waals surface area contributed by atoms with Gasteiger partial charge >= 0.3 is 0 Å². The number of rotatable bonds is 6. The molecule has 0 bridgehead atoms. The van der Waals surface area contributed by atoms with Crippen molar-refractivity contribution in [2.45, 2.75) is 46.1 Å². The fourth-order valence-corrected chi connectivity index (χ4v) is 1.50. The van der Waals surface area contributed by atoms with Gasteiger partial charge in [0, 0.05) is 25.4 Å². The molecule has 0 radical (unpaired) electrons. The summed E-state index contributed by atoms with van der Waals surface area (Å²) < 4.78 is 2.06. The highest BCUT2D eigenvalue weighted by Crippen LogP contribution is 2.03. The highest BCUT2D eigenvalue weighted by molar-refractivity contribution is 5.80. The van der Waals surface area contributed by atoms with Gasteiger partial charge in [0.2, 0.25) is 0 Å². The molecule has 0 amide bonds. The van der Waals surface area contributed by atoms with Gasteiger partial charge in [-0.15, -0.1) is 0 Å². The summed E-state index contributed by atoms with van der Waals surface area (Å²) in [7, 11) is 0. The van der Waals surface area contributed by atoms with Crippen molar-refractivity contribution in [2.75, 3.05) is 0 Å². The summed E-state index contributed by atoms with van der Waals surface area (Å²) in [6.45, 7) is 5.10. The van der Waals surface area contributed by atoms with Crippen molar-refractivity contribution < 1.29 is 4.79 Å². The standard InChI is InChI=1S/C11H18N2O/c1-3-5-10(14)9-11-12-6-8-13(11)7-4-2/h6,8H,3-5,7,9H2,1-2H3. The van der Waals surface area contributed by atoms with Gasteiger partial charge in [0.1, 0.15) is 11.6 Å². The summed E-state index contributed by atoms with van der Waals surface area (Å²) in [6.07, 6.45) is 6.86. The molecule has 0 aromatic carbocycles. The Hall–Kier alpha value is -1.12. The number of carbonyl (C=O) groups excluding carboxylic acids is 1. The zero-order valence-corrected chi connectivity index (χ0v) is 8.99. The van der Waals surface area contributed by atoms with Crippen molar-refractivity contribution in [3.8, 4) is 0 Å². The van der Waals surface area contributed by atoms with Gasteiger partial charge in [-0.05, 0) is 12.8 Å². The average Bonchev–Trinajstić information content (AvgIpc) is 2.54. The third-order valence-electron chi connectivity index (χ3n) is 2.15. The number of hydrogen-bond donors (Lipinski definition) is 0. The molecule has 1 rings (SSSR count). The van der Waals surface area contributed by atoms with Gasteiger partial charge in [0.05, 0.1) is 6.42 Å². The molecule has 3 nitrogen and oxygen atoms in total. The first kappa shape index (κ1) is 11.0. The van der Waals surface area contributed by atoms with Gasteiger partial charge in [-0.25, -0.2) is 4.98 Å². The Balaban J connectivity index is 2.56. The summed E-state index contributed by atoms with van der Waals surface area (Å²) in [6, 6.07) is 0. The second-order valence-electron chi connectivity index (χ2n) is 3.50. The molecule has 1 aromatic heterocycles. The Bertz CT molecular complexity index is 291. The van der Waals surface area contributed by atoms with Crippen molar-refractivity contribution in [3.05, 3.63) is 18.2 Å². The summed E-state index contributed by atoms with van der Waals surface area (Å²) in [4.78, 5) is 15.6. The molecule has 1 heterocycles. The first-order valence-corrected chi connectivity index (χ1v) is 5.29. The van der Waals surface area contributed by atoms with Crippen LogP contribution in [-0.2, 0) is 17.8 Å². The SMILES string of the molecule is CCCC(=O)Cc1nccn1CCC. The minimum Gasteiger partial charge on any atom is -0.335 e. The quantitative estimate of drug-likeness (QED) is 0.696. The van der Waals surface area contributed by atoms with E-state index in [2.05, 4.69) is 16.5 Å². The topological polar surface area (TPSA) is 34.9 Å². The van der Waals surface area contributed by atoms with Crippen LogP contribution in [0.5, 0.6) is 0 Å². The first-order valence-electron chi connectivity index (χ1n) is 5.29. The Labute approximate surface area is 85.2 Å². The van der Waals surface area contributed by atoms with Crippen LogP contribution in [0.4, 0.5) is 0 Å². The molecule has 14 heavy (non-hydrogen) atoms. The van der Waals surface area contributed by atoms with E-state index in [0.717, 1.165) is 25.2 Å². The number of carbonyl (C=O) groups is 1. The van der Waals surface area contributed by atoms with Crippen LogP contribution in [0.1, 0.15) is 38.9 Å². The van der Waals surface area contributed by atoms with Crippen molar-refractivity contribution in [1.29, 1.82) is 0 Å². The lowest BCUT2D eigenvalue weighted by atomic mass is 10.2. The number of Topliss-reactive ketones (excluding diaryl/α,β-unsaturated/α-hetero) is 1. The van der Waals surface area contributed by atoms with E-state index >= 15 is 0 Å². The molecule has 3 heteroatoms. The molecule has 0 aliphatic rings. The Morgan fingerprint density at radius 1 is 1.43 bits per heavy atom. The fourth-order valence-electron chi connectivity index (χ4n) is 1.50. The number of ketones is 1. The van der Waals surface area contributed by atoms with Crippen LogP contribution in [-0.4, -0.2) is 15.3 Å². The molecule has 0 aliphatic heterocycles. The minimum absolute atomic E-state index is 0.288. The monoisotopic (exact) mass is 194 g/mol. The van der Waals surface area contributed by atoms with Crippen LogP contribution in [0.25, 0.3) is 0 Å². The Kier molecular flexibility index (Phi) is 4.36. The number of aromatic nitrogens is 2. The van der Waals surface area contributed by atoms with E-state index in [1.165, 1.54) is 0 Å². The highest BCUT2D eigenvalue weighted by Gasteiger charge is 2.07. The lowest BCUT2D eigenvalue weighted by molar-refractivity contribution is -0.118. The Morgan fingerprint density at radius 3 is 2.86 bits per heavy atom. The van der Waals surface area contributed by atoms with Gasteiger partial charge in [0.15, 0.2) is 0 Å². The first-order chi connectivity index (χ1) is 6.77. The lowest BCUT2D eigenvalue weighted by Crippen LogP contribution is -2.09. The van der Waals surface area contributed by atoms with Crippen molar-refractivity contribution >= 4 is 5.78 Å². The van der Waals surface area contributed by atoms with Gasteiger partial charge in [-0.1, -0.05) is 13.8 Å². The number of imidazole rings is 1. The van der Waals surface area contributed by atoms with Crippen LogP contribution in [0.3, 0.4) is 0 Å². The maximum Gasteiger partial charge on any atom is 0.140 e. The van der Waals surface area contributed by atoms with E-state index < -0.39 is 0 Å². The van der Waals surface area contributed by atoms with Gasteiger partial charge in [-0.2, -0.15) is 0 Å². The van der Waals surface area contributed by atoms with E-state index in [0.29, 0.717) is 12.8 Å². The molecule has 0 fully saturated rings. The van der Waals surface area contributed by atoms with Crippen LogP contribution in [0.15, 0.2) is 12.4 Å². The summed E-state index contributed by atoms with van der Waals surface area (Å²) >= 11 is 0. The fraction of sp³-hybridized carbons (Fsp3) is 0.636. The maximum absolute atomic E-state index is 11.4. The van der Waals surface area contributed by atoms with E-state index in [9.17, 15) is 4.79 Å². The predicted molar refractivity (Wildman–Crippen MR) is 56.1 cm³/mol. The molecular formula is C11H18N2O. The van der Waals surface area contributed by atoms with Gasteiger partial charge in [-0.3, -0.25) is 4.79 Å². The molecule has 0 atom stereocenters. The third-order valence-corrected chi connectivity index (χ3v) is 2.15. The molecule has 0 unspecified atom stereocenters. The summed E-state index contributed by atoms with van der Waals surface area (Å²) in [5.74, 6) is 1.20. The van der Waals surface area contributed by atoms with E-state index in [-0.39, 0.29) is 5.78 Å². The predicted octanol–water partition coefficient (Wildman–Crippen LogP) is 2.20. The van der Waals surface area contributed by atoms with Crippen LogP contribution in [0.2, 0.25) is 0 Å². The van der Waals surface area contributed by atoms with E-state index in [4.69, 9.17) is 0 Å². The number of nitrogens with zero attached hydrogens (tertiary/aromatic N) is 2. The van der Waals surface area contributed by atoms with Crippen molar-refractivity contribution in [3.63, 3.8) is 0 Å². The molecule has 78 valence electrons. The molecule has 0 saturated heterocycles. The second kappa shape index (κ2) is 5.58. The zero-order chi connectivity index (χ0) is 10.4. The van der Waals surface area contributed by atoms with Crippen molar-refractivity contribution in [2.24, 2.45) is 0 Å². The molecular weight excluding hydrogens is 176 g/mol.